The van der Waals surface area contributed by atoms with Crippen LogP contribution in [-0.2, 0) is 19.6 Å². The molecule has 1 rings (SSSR count). The van der Waals surface area contributed by atoms with Gasteiger partial charge in [0.05, 0.1) is 17.5 Å². The fourth-order valence-electron chi connectivity index (χ4n) is 1.63. The van der Waals surface area contributed by atoms with Crippen molar-refractivity contribution in [2.75, 3.05) is 16.6 Å². The number of ether oxygens (including phenoxy) is 1. The fraction of sp³-hybridized carbons (Fsp3) is 0.500. The molecule has 0 bridgehead atoms. The Morgan fingerprint density at radius 2 is 1.80 bits per heavy atom. The van der Waals surface area contributed by atoms with Gasteiger partial charge in [0.25, 0.3) is 0 Å². The maximum Gasteiger partial charge on any atom is 0.327 e. The van der Waals surface area contributed by atoms with E-state index in [1.54, 1.807) is 45.0 Å². The van der Waals surface area contributed by atoms with Gasteiger partial charge in [-0.25, -0.2) is 8.42 Å². The second-order valence-corrected chi connectivity index (χ2v) is 6.96. The van der Waals surface area contributed by atoms with Gasteiger partial charge in [0.15, 0.2) is 0 Å². The van der Waals surface area contributed by atoms with Crippen LogP contribution in [-0.4, -0.2) is 32.8 Å². The van der Waals surface area contributed by atoms with Crippen LogP contribution in [0, 0.1) is 6.92 Å². The zero-order valence-corrected chi connectivity index (χ0v) is 13.1. The first-order valence-corrected chi connectivity index (χ1v) is 8.13. The second kappa shape index (κ2) is 6.74. The van der Waals surface area contributed by atoms with E-state index in [0.717, 1.165) is 9.87 Å². The highest BCUT2D eigenvalue weighted by Gasteiger charge is 2.24. The minimum atomic E-state index is -3.52. The molecule has 0 heterocycles. The van der Waals surface area contributed by atoms with E-state index in [2.05, 4.69) is 0 Å². The predicted molar refractivity (Wildman–Crippen MR) is 79.2 cm³/mol. The maximum absolute atomic E-state index is 12.1. The smallest absolute Gasteiger partial charge is 0.327 e. The number of anilines is 1. The molecule has 6 heteroatoms. The molecule has 1 aromatic rings. The highest BCUT2D eigenvalue weighted by Crippen LogP contribution is 2.19. The average molecular weight is 299 g/mol. The lowest BCUT2D eigenvalue weighted by atomic mass is 10.2. The van der Waals surface area contributed by atoms with Gasteiger partial charge < -0.3 is 4.74 Å². The molecule has 0 unspecified atom stereocenters. The Kier molecular flexibility index (Phi) is 5.56. The van der Waals surface area contributed by atoms with Crippen LogP contribution >= 0.6 is 0 Å². The molecule has 0 N–H and O–H groups in total. The molecule has 0 aliphatic carbocycles. The molecule has 0 saturated carbocycles. The summed E-state index contributed by atoms with van der Waals surface area (Å²) in [6, 6.07) is 6.99. The van der Waals surface area contributed by atoms with E-state index in [-0.39, 0.29) is 18.4 Å². The molecule has 0 fully saturated rings. The number of benzene rings is 1. The lowest BCUT2D eigenvalue weighted by Gasteiger charge is -2.23. The van der Waals surface area contributed by atoms with Crippen LogP contribution in [0.15, 0.2) is 24.3 Å². The van der Waals surface area contributed by atoms with Gasteiger partial charge in [-0.2, -0.15) is 0 Å². The van der Waals surface area contributed by atoms with Crippen LogP contribution in [0.3, 0.4) is 0 Å². The van der Waals surface area contributed by atoms with Gasteiger partial charge in [-0.1, -0.05) is 17.7 Å². The molecular weight excluding hydrogens is 278 g/mol. The summed E-state index contributed by atoms with van der Waals surface area (Å²) in [6.45, 7) is 6.60. The van der Waals surface area contributed by atoms with E-state index < -0.39 is 16.0 Å². The summed E-state index contributed by atoms with van der Waals surface area (Å²) < 4.78 is 30.4. The largest absolute Gasteiger partial charge is 0.462 e. The van der Waals surface area contributed by atoms with Crippen LogP contribution in [0.25, 0.3) is 0 Å². The van der Waals surface area contributed by atoms with E-state index in [9.17, 15) is 13.2 Å². The zero-order chi connectivity index (χ0) is 15.3. The number of rotatable bonds is 6. The molecule has 20 heavy (non-hydrogen) atoms. The second-order valence-electron chi connectivity index (χ2n) is 4.78. The van der Waals surface area contributed by atoms with E-state index in [0.29, 0.717) is 5.69 Å². The van der Waals surface area contributed by atoms with Crippen LogP contribution in [0.5, 0.6) is 0 Å². The molecule has 0 aliphatic rings. The van der Waals surface area contributed by atoms with Gasteiger partial charge >= 0.3 is 5.97 Å². The summed E-state index contributed by atoms with van der Waals surface area (Å²) in [5.41, 5.74) is 1.49. The molecule has 5 nitrogen and oxygen atoms in total. The van der Waals surface area contributed by atoms with Crippen molar-refractivity contribution in [1.29, 1.82) is 0 Å². The van der Waals surface area contributed by atoms with E-state index in [4.69, 9.17) is 4.74 Å². The van der Waals surface area contributed by atoms with Crippen molar-refractivity contribution in [1.82, 2.24) is 0 Å². The van der Waals surface area contributed by atoms with Crippen molar-refractivity contribution in [3.63, 3.8) is 0 Å². The first-order valence-electron chi connectivity index (χ1n) is 6.53. The molecular formula is C14H21NO4S. The standard InChI is InChI=1S/C14H21NO4S/c1-5-20(17,18)15(10-14(16)19-11(2)3)13-8-6-12(4)7-9-13/h6-9,11H,5,10H2,1-4H3. The predicted octanol–water partition coefficient (Wildman–Crippen LogP) is 2.10. The van der Waals surface area contributed by atoms with Gasteiger partial charge in [0, 0.05) is 0 Å². The van der Waals surface area contributed by atoms with Crippen molar-refractivity contribution in [3.05, 3.63) is 29.8 Å². The fourth-order valence-corrected chi connectivity index (χ4v) is 2.69. The SMILES string of the molecule is CCS(=O)(=O)N(CC(=O)OC(C)C)c1ccc(C)cc1. The summed E-state index contributed by atoms with van der Waals surface area (Å²) in [5.74, 6) is -0.631. The normalized spacial score (nSPS) is 11.4. The Labute approximate surface area is 120 Å². The summed E-state index contributed by atoms with van der Waals surface area (Å²) >= 11 is 0. The third-order valence-electron chi connectivity index (χ3n) is 2.66. The topological polar surface area (TPSA) is 63.7 Å². The number of nitrogens with zero attached hydrogens (tertiary/aromatic N) is 1. The lowest BCUT2D eigenvalue weighted by Crippen LogP contribution is -2.38. The first kappa shape index (κ1) is 16.5. The Bertz CT molecular complexity index is 549. The van der Waals surface area contributed by atoms with Gasteiger partial charge in [-0.3, -0.25) is 9.10 Å². The number of carbonyl (C=O) groups is 1. The number of hydrogen-bond acceptors (Lipinski definition) is 4. The van der Waals surface area contributed by atoms with Gasteiger partial charge in [0.2, 0.25) is 10.0 Å². The Morgan fingerprint density at radius 1 is 1.25 bits per heavy atom. The molecule has 1 aromatic carbocycles. The zero-order valence-electron chi connectivity index (χ0n) is 12.3. The number of esters is 1. The molecule has 0 aliphatic heterocycles. The van der Waals surface area contributed by atoms with E-state index in [1.807, 2.05) is 6.92 Å². The molecule has 0 aromatic heterocycles. The monoisotopic (exact) mass is 299 g/mol. The number of carbonyl (C=O) groups excluding carboxylic acids is 1. The van der Waals surface area contributed by atoms with Crippen LogP contribution < -0.4 is 4.31 Å². The molecule has 0 saturated heterocycles. The van der Waals surface area contributed by atoms with Crippen molar-refractivity contribution >= 4 is 21.7 Å². The quantitative estimate of drug-likeness (QED) is 0.755. The minimum absolute atomic E-state index is 0.0736. The third kappa shape index (κ3) is 4.52. The molecule has 112 valence electrons. The summed E-state index contributed by atoms with van der Waals surface area (Å²) in [7, 11) is -3.52. The average Bonchev–Trinajstić information content (AvgIpc) is 2.36. The highest BCUT2D eigenvalue weighted by atomic mass is 32.2. The van der Waals surface area contributed by atoms with Gasteiger partial charge in [0.1, 0.15) is 6.54 Å². The Hall–Kier alpha value is -1.56. The summed E-state index contributed by atoms with van der Waals surface area (Å²) in [6.07, 6.45) is -0.272. The Morgan fingerprint density at radius 3 is 2.25 bits per heavy atom. The lowest BCUT2D eigenvalue weighted by molar-refractivity contribution is -0.145. The molecule has 0 radical (unpaired) electrons. The molecule has 0 atom stereocenters. The van der Waals surface area contributed by atoms with Gasteiger partial charge in [-0.15, -0.1) is 0 Å². The number of aryl methyl sites for hydroxylation is 1. The minimum Gasteiger partial charge on any atom is -0.462 e. The Balaban J connectivity index is 3.04. The summed E-state index contributed by atoms with van der Waals surface area (Å²) in [5, 5.41) is 0. The maximum atomic E-state index is 12.1. The number of sulfonamides is 1. The third-order valence-corrected chi connectivity index (χ3v) is 4.40. The van der Waals surface area contributed by atoms with Crippen LogP contribution in [0.1, 0.15) is 26.3 Å². The van der Waals surface area contributed by atoms with Crippen LogP contribution in [0.2, 0.25) is 0 Å². The van der Waals surface area contributed by atoms with Crippen molar-refractivity contribution in [2.24, 2.45) is 0 Å². The molecule has 0 amide bonds. The van der Waals surface area contributed by atoms with Crippen molar-refractivity contribution in [2.45, 2.75) is 33.8 Å². The number of hydrogen-bond donors (Lipinski definition) is 0. The van der Waals surface area contributed by atoms with Crippen LogP contribution in [0.4, 0.5) is 5.69 Å². The first-order chi connectivity index (χ1) is 9.26. The summed E-state index contributed by atoms with van der Waals surface area (Å²) in [4.78, 5) is 11.7. The van der Waals surface area contributed by atoms with E-state index >= 15 is 0 Å². The van der Waals surface area contributed by atoms with E-state index in [1.165, 1.54) is 0 Å². The van der Waals surface area contributed by atoms with Gasteiger partial charge in [-0.05, 0) is 39.8 Å². The molecule has 0 spiro atoms. The highest BCUT2D eigenvalue weighted by molar-refractivity contribution is 7.92. The van der Waals surface area contributed by atoms with Crippen molar-refractivity contribution < 1.29 is 17.9 Å². The van der Waals surface area contributed by atoms with Crippen molar-refractivity contribution in [3.8, 4) is 0 Å².